The Morgan fingerprint density at radius 2 is 2.04 bits per heavy atom. The van der Waals surface area contributed by atoms with Crippen molar-refractivity contribution >= 4 is 35.8 Å². The average Bonchev–Trinajstić information content (AvgIpc) is 3.00. The molecule has 0 bridgehead atoms. The molecule has 0 saturated carbocycles. The summed E-state index contributed by atoms with van der Waals surface area (Å²) in [6, 6.07) is 8.65. The van der Waals surface area contributed by atoms with Gasteiger partial charge in [-0.15, -0.1) is 24.0 Å². The van der Waals surface area contributed by atoms with Gasteiger partial charge in [-0.1, -0.05) is 19.1 Å². The first-order chi connectivity index (χ1) is 12.4. The zero-order valence-corrected chi connectivity index (χ0v) is 19.4. The SMILES string of the molecule is CCNC(=O)c1cccc(CNC(=NC)NC2CN(C(C)C)CC2C)c1.I. The number of benzene rings is 1. The Labute approximate surface area is 180 Å². The third kappa shape index (κ3) is 6.95. The molecule has 0 aliphatic carbocycles. The fourth-order valence-electron chi connectivity index (χ4n) is 3.25. The molecule has 0 radical (unpaired) electrons. The van der Waals surface area contributed by atoms with Crippen molar-refractivity contribution < 1.29 is 4.79 Å². The number of likely N-dealkylation sites (tertiary alicyclic amines) is 1. The van der Waals surface area contributed by atoms with Gasteiger partial charge in [0.2, 0.25) is 0 Å². The minimum absolute atomic E-state index is 0. The van der Waals surface area contributed by atoms with Gasteiger partial charge in [-0.05, 0) is 44.4 Å². The number of nitrogens with one attached hydrogen (secondary N) is 3. The summed E-state index contributed by atoms with van der Waals surface area (Å²) in [5.74, 6) is 1.35. The van der Waals surface area contributed by atoms with Gasteiger partial charge < -0.3 is 16.0 Å². The summed E-state index contributed by atoms with van der Waals surface area (Å²) in [6.45, 7) is 12.1. The highest BCUT2D eigenvalue weighted by Crippen LogP contribution is 2.18. The Bertz CT molecular complexity index is 635. The first-order valence-electron chi connectivity index (χ1n) is 9.53. The van der Waals surface area contributed by atoms with Gasteiger partial charge >= 0.3 is 0 Å². The first kappa shape index (κ1) is 23.7. The predicted molar refractivity (Wildman–Crippen MR) is 123 cm³/mol. The molecule has 7 heteroatoms. The first-order valence-corrected chi connectivity index (χ1v) is 9.53. The van der Waals surface area contributed by atoms with Crippen LogP contribution in [-0.4, -0.2) is 55.5 Å². The Morgan fingerprint density at radius 1 is 1.30 bits per heavy atom. The van der Waals surface area contributed by atoms with E-state index in [9.17, 15) is 4.79 Å². The number of rotatable bonds is 6. The lowest BCUT2D eigenvalue weighted by Crippen LogP contribution is -2.46. The summed E-state index contributed by atoms with van der Waals surface area (Å²) < 4.78 is 0. The van der Waals surface area contributed by atoms with Crippen LogP contribution in [0.25, 0.3) is 0 Å². The molecule has 1 aliphatic heterocycles. The number of hydrogen-bond acceptors (Lipinski definition) is 3. The van der Waals surface area contributed by atoms with Crippen LogP contribution in [0.15, 0.2) is 29.3 Å². The number of carbonyl (C=O) groups is 1. The molecule has 2 unspecified atom stereocenters. The minimum atomic E-state index is -0.0367. The van der Waals surface area contributed by atoms with Gasteiger partial charge in [0.25, 0.3) is 5.91 Å². The van der Waals surface area contributed by atoms with Crippen LogP contribution in [0.1, 0.15) is 43.6 Å². The Hall–Kier alpha value is -1.35. The molecule has 6 nitrogen and oxygen atoms in total. The summed E-state index contributed by atoms with van der Waals surface area (Å²) in [5.41, 5.74) is 1.74. The zero-order valence-electron chi connectivity index (χ0n) is 17.1. The molecular formula is C20H34IN5O. The van der Waals surface area contributed by atoms with Gasteiger partial charge in [0.15, 0.2) is 5.96 Å². The predicted octanol–water partition coefficient (Wildman–Crippen LogP) is 2.45. The summed E-state index contributed by atoms with van der Waals surface area (Å²) >= 11 is 0. The lowest BCUT2D eigenvalue weighted by Gasteiger charge is -2.22. The molecule has 1 heterocycles. The number of hydrogen-bond donors (Lipinski definition) is 3. The highest BCUT2D eigenvalue weighted by atomic mass is 127. The van der Waals surface area contributed by atoms with Crippen molar-refractivity contribution in [3.05, 3.63) is 35.4 Å². The minimum Gasteiger partial charge on any atom is -0.352 e. The van der Waals surface area contributed by atoms with E-state index in [1.807, 2.05) is 31.2 Å². The van der Waals surface area contributed by atoms with Gasteiger partial charge in [-0.3, -0.25) is 14.7 Å². The van der Waals surface area contributed by atoms with E-state index in [2.05, 4.69) is 46.6 Å². The lowest BCUT2D eigenvalue weighted by atomic mass is 10.1. The van der Waals surface area contributed by atoms with Crippen LogP contribution in [0.4, 0.5) is 0 Å². The lowest BCUT2D eigenvalue weighted by molar-refractivity contribution is 0.0955. The normalized spacial score (nSPS) is 20.3. The van der Waals surface area contributed by atoms with E-state index >= 15 is 0 Å². The largest absolute Gasteiger partial charge is 0.352 e. The number of halogens is 1. The van der Waals surface area contributed by atoms with E-state index in [1.54, 1.807) is 7.05 Å². The molecule has 2 rings (SSSR count). The summed E-state index contributed by atoms with van der Waals surface area (Å²) in [7, 11) is 1.79. The summed E-state index contributed by atoms with van der Waals surface area (Å²) in [4.78, 5) is 18.8. The molecule has 0 aromatic heterocycles. The highest BCUT2D eigenvalue weighted by molar-refractivity contribution is 14.0. The molecular weight excluding hydrogens is 453 g/mol. The second-order valence-corrected chi connectivity index (χ2v) is 7.26. The van der Waals surface area contributed by atoms with Crippen LogP contribution >= 0.6 is 24.0 Å². The van der Waals surface area contributed by atoms with E-state index in [1.165, 1.54) is 0 Å². The fraction of sp³-hybridized carbons (Fsp3) is 0.600. The molecule has 1 aromatic carbocycles. The number of guanidine groups is 1. The van der Waals surface area contributed by atoms with Crippen LogP contribution in [0.5, 0.6) is 0 Å². The second-order valence-electron chi connectivity index (χ2n) is 7.26. The number of nitrogens with zero attached hydrogens (tertiary/aromatic N) is 2. The molecule has 152 valence electrons. The van der Waals surface area contributed by atoms with Crippen molar-refractivity contribution in [1.29, 1.82) is 0 Å². The quantitative estimate of drug-likeness (QED) is 0.328. The molecule has 1 saturated heterocycles. The van der Waals surface area contributed by atoms with E-state index < -0.39 is 0 Å². The maximum absolute atomic E-state index is 12.0. The van der Waals surface area contributed by atoms with Crippen LogP contribution in [0.2, 0.25) is 0 Å². The van der Waals surface area contributed by atoms with Crippen LogP contribution < -0.4 is 16.0 Å². The molecule has 1 aliphatic rings. The molecule has 27 heavy (non-hydrogen) atoms. The van der Waals surface area contributed by atoms with Crippen molar-refractivity contribution in [2.24, 2.45) is 10.9 Å². The Kier molecular flexibility index (Phi) is 10.1. The van der Waals surface area contributed by atoms with Gasteiger partial charge in [-0.2, -0.15) is 0 Å². The Morgan fingerprint density at radius 3 is 2.63 bits per heavy atom. The van der Waals surface area contributed by atoms with Gasteiger partial charge in [0.1, 0.15) is 0 Å². The van der Waals surface area contributed by atoms with Crippen LogP contribution in [0, 0.1) is 5.92 Å². The van der Waals surface area contributed by atoms with Crippen molar-refractivity contribution in [3.8, 4) is 0 Å². The Balaban J connectivity index is 0.00000364. The smallest absolute Gasteiger partial charge is 0.251 e. The van der Waals surface area contributed by atoms with Crippen molar-refractivity contribution in [2.75, 3.05) is 26.7 Å². The van der Waals surface area contributed by atoms with E-state index in [-0.39, 0.29) is 29.9 Å². The molecule has 1 fully saturated rings. The summed E-state index contributed by atoms with van der Waals surface area (Å²) in [5, 5.41) is 9.74. The topological polar surface area (TPSA) is 68.8 Å². The van der Waals surface area contributed by atoms with E-state index in [0.717, 1.165) is 24.6 Å². The number of carbonyl (C=O) groups excluding carboxylic acids is 1. The van der Waals surface area contributed by atoms with E-state index in [0.29, 0.717) is 36.7 Å². The molecule has 1 aromatic rings. The van der Waals surface area contributed by atoms with Gasteiger partial charge in [0.05, 0.1) is 0 Å². The standard InChI is InChI=1S/C20H33N5O.HI/c1-6-22-19(26)17-9-7-8-16(10-17)11-23-20(21-5)24-18-13-25(14(2)3)12-15(18)4;/h7-10,14-15,18H,6,11-13H2,1-5H3,(H,22,26)(H2,21,23,24);1H. The molecule has 0 spiro atoms. The third-order valence-corrected chi connectivity index (χ3v) is 4.90. The molecule has 3 N–H and O–H groups in total. The third-order valence-electron chi connectivity index (χ3n) is 4.90. The van der Waals surface area contributed by atoms with Crippen LogP contribution in [-0.2, 0) is 6.54 Å². The average molecular weight is 487 g/mol. The second kappa shape index (κ2) is 11.5. The highest BCUT2D eigenvalue weighted by Gasteiger charge is 2.31. The van der Waals surface area contributed by atoms with Crippen molar-refractivity contribution in [3.63, 3.8) is 0 Å². The van der Waals surface area contributed by atoms with Crippen molar-refractivity contribution in [1.82, 2.24) is 20.9 Å². The number of aliphatic imine (C=N–C) groups is 1. The molecule has 2 atom stereocenters. The molecule has 1 amide bonds. The monoisotopic (exact) mass is 487 g/mol. The van der Waals surface area contributed by atoms with Crippen LogP contribution in [0.3, 0.4) is 0 Å². The maximum atomic E-state index is 12.0. The number of amides is 1. The maximum Gasteiger partial charge on any atom is 0.251 e. The summed E-state index contributed by atoms with van der Waals surface area (Å²) in [6.07, 6.45) is 0. The van der Waals surface area contributed by atoms with Crippen molar-refractivity contribution in [2.45, 2.75) is 46.3 Å². The fourth-order valence-corrected chi connectivity index (χ4v) is 3.25. The van der Waals surface area contributed by atoms with Gasteiger partial charge in [0, 0.05) is 50.9 Å². The zero-order chi connectivity index (χ0) is 19.1. The van der Waals surface area contributed by atoms with E-state index in [4.69, 9.17) is 0 Å². The van der Waals surface area contributed by atoms with Gasteiger partial charge in [-0.25, -0.2) is 0 Å².